The molecular weight excluding hydrogens is 336 g/mol. The summed E-state index contributed by atoms with van der Waals surface area (Å²) in [5, 5.41) is 88.0. The highest BCUT2D eigenvalue weighted by Gasteiger charge is 2.47. The minimum atomic E-state index is -2.17. The SMILES string of the molecule is O=C(CO)C(O)C(O)C(O)CO.OC[C@]1(O)OC[C@@H](O)[C@@H](O)C1O. The Morgan fingerprint density at radius 3 is 2.08 bits per heavy atom. The number of aliphatic hydroxyl groups is 10. The zero-order chi connectivity index (χ0) is 19.1. The molecule has 24 heavy (non-hydrogen) atoms. The van der Waals surface area contributed by atoms with E-state index in [9.17, 15) is 9.90 Å². The molecule has 1 rings (SSSR count). The van der Waals surface area contributed by atoms with Gasteiger partial charge in [-0.1, -0.05) is 0 Å². The predicted octanol–water partition coefficient (Wildman–Crippen LogP) is -6.60. The van der Waals surface area contributed by atoms with Crippen molar-refractivity contribution in [2.75, 3.05) is 26.4 Å². The molecule has 10 N–H and O–H groups in total. The van der Waals surface area contributed by atoms with Gasteiger partial charge < -0.3 is 55.8 Å². The topological polar surface area (TPSA) is 229 Å². The molecule has 0 aromatic heterocycles. The van der Waals surface area contributed by atoms with Crippen LogP contribution < -0.4 is 0 Å². The Balaban J connectivity index is 0.000000441. The summed E-state index contributed by atoms with van der Waals surface area (Å²) in [4.78, 5) is 10.5. The van der Waals surface area contributed by atoms with Gasteiger partial charge in [0.1, 0.15) is 43.2 Å². The zero-order valence-corrected chi connectivity index (χ0v) is 12.6. The fourth-order valence-corrected chi connectivity index (χ4v) is 1.63. The fourth-order valence-electron chi connectivity index (χ4n) is 1.63. The fraction of sp³-hybridized carbons (Fsp3) is 0.917. The Hall–Kier alpha value is -0.770. The average molecular weight is 360 g/mol. The molecule has 7 atom stereocenters. The van der Waals surface area contributed by atoms with E-state index in [2.05, 4.69) is 4.74 Å². The lowest BCUT2D eigenvalue weighted by molar-refractivity contribution is -0.331. The second-order valence-corrected chi connectivity index (χ2v) is 5.13. The second-order valence-electron chi connectivity index (χ2n) is 5.13. The van der Waals surface area contributed by atoms with E-state index in [0.29, 0.717) is 0 Å². The van der Waals surface area contributed by atoms with Gasteiger partial charge in [0.2, 0.25) is 5.79 Å². The van der Waals surface area contributed by atoms with Gasteiger partial charge in [0.05, 0.1) is 19.8 Å². The molecule has 0 aromatic carbocycles. The summed E-state index contributed by atoms with van der Waals surface area (Å²) in [6.07, 6.45) is -9.67. The maximum Gasteiger partial charge on any atom is 0.218 e. The van der Waals surface area contributed by atoms with E-state index in [0.717, 1.165) is 0 Å². The summed E-state index contributed by atoms with van der Waals surface area (Å²) in [5.41, 5.74) is 0. The summed E-state index contributed by atoms with van der Waals surface area (Å²) in [5.74, 6) is -3.17. The number of Topliss-reactive ketones (excluding diaryl/α,β-unsaturated/α-hetero) is 1. The number of ketones is 1. The number of rotatable bonds is 6. The van der Waals surface area contributed by atoms with E-state index in [-0.39, 0.29) is 6.61 Å². The first-order chi connectivity index (χ1) is 11.0. The van der Waals surface area contributed by atoms with Crippen LogP contribution >= 0.6 is 0 Å². The van der Waals surface area contributed by atoms with E-state index < -0.39 is 68.0 Å². The third-order valence-corrected chi connectivity index (χ3v) is 3.30. The largest absolute Gasteiger partial charge is 0.394 e. The van der Waals surface area contributed by atoms with Crippen LogP contribution in [0.25, 0.3) is 0 Å². The molecule has 1 saturated heterocycles. The summed E-state index contributed by atoms with van der Waals surface area (Å²) in [6.45, 7) is -2.85. The van der Waals surface area contributed by atoms with Gasteiger partial charge in [0, 0.05) is 0 Å². The average Bonchev–Trinajstić information content (AvgIpc) is 2.61. The smallest absolute Gasteiger partial charge is 0.218 e. The van der Waals surface area contributed by atoms with Gasteiger partial charge in [0.15, 0.2) is 5.78 Å². The second kappa shape index (κ2) is 10.3. The maximum absolute atomic E-state index is 10.5. The summed E-state index contributed by atoms with van der Waals surface area (Å²) >= 11 is 0. The molecule has 144 valence electrons. The van der Waals surface area contributed by atoms with Gasteiger partial charge in [-0.3, -0.25) is 4.79 Å². The Morgan fingerprint density at radius 1 is 1.12 bits per heavy atom. The lowest BCUT2D eigenvalue weighted by atomic mass is 9.98. The zero-order valence-electron chi connectivity index (χ0n) is 12.6. The van der Waals surface area contributed by atoms with Crippen LogP contribution in [0.4, 0.5) is 0 Å². The number of aliphatic hydroxyl groups excluding tert-OH is 9. The molecule has 0 aromatic rings. The number of ether oxygens (including phenoxy) is 1. The molecule has 0 spiro atoms. The van der Waals surface area contributed by atoms with Crippen molar-refractivity contribution in [3.05, 3.63) is 0 Å². The molecule has 0 radical (unpaired) electrons. The summed E-state index contributed by atoms with van der Waals surface area (Å²) in [6, 6.07) is 0. The minimum Gasteiger partial charge on any atom is -0.394 e. The third kappa shape index (κ3) is 5.94. The van der Waals surface area contributed by atoms with E-state index >= 15 is 0 Å². The molecule has 1 heterocycles. The van der Waals surface area contributed by atoms with Crippen LogP contribution in [0.5, 0.6) is 0 Å². The Kier molecular flexibility index (Phi) is 9.94. The van der Waals surface area contributed by atoms with Crippen molar-refractivity contribution < 1.29 is 60.6 Å². The van der Waals surface area contributed by atoms with E-state index in [1.807, 2.05) is 0 Å². The lowest BCUT2D eigenvalue weighted by Gasteiger charge is -2.40. The highest BCUT2D eigenvalue weighted by atomic mass is 16.7. The number of carbonyl (C=O) groups excluding carboxylic acids is 1. The molecule has 0 saturated carbocycles. The first kappa shape index (κ1) is 23.2. The van der Waals surface area contributed by atoms with Crippen molar-refractivity contribution >= 4 is 5.78 Å². The van der Waals surface area contributed by atoms with E-state index in [4.69, 9.17) is 46.0 Å². The van der Waals surface area contributed by atoms with Crippen LogP contribution in [0.15, 0.2) is 0 Å². The van der Waals surface area contributed by atoms with Crippen molar-refractivity contribution in [1.29, 1.82) is 0 Å². The van der Waals surface area contributed by atoms with Crippen LogP contribution in [0.1, 0.15) is 0 Å². The first-order valence-electron chi connectivity index (χ1n) is 6.85. The first-order valence-corrected chi connectivity index (χ1v) is 6.85. The van der Waals surface area contributed by atoms with Gasteiger partial charge in [0.25, 0.3) is 0 Å². The van der Waals surface area contributed by atoms with E-state index in [1.54, 1.807) is 0 Å². The molecule has 0 aliphatic carbocycles. The van der Waals surface area contributed by atoms with Crippen LogP contribution in [-0.2, 0) is 9.53 Å². The van der Waals surface area contributed by atoms with Crippen molar-refractivity contribution in [2.24, 2.45) is 0 Å². The van der Waals surface area contributed by atoms with Crippen LogP contribution in [0.2, 0.25) is 0 Å². The number of hydrogen-bond acceptors (Lipinski definition) is 12. The van der Waals surface area contributed by atoms with Crippen LogP contribution in [0, 0.1) is 0 Å². The van der Waals surface area contributed by atoms with Gasteiger partial charge in [-0.05, 0) is 0 Å². The number of carbonyl (C=O) groups is 1. The molecule has 1 fully saturated rings. The van der Waals surface area contributed by atoms with Crippen molar-refractivity contribution in [2.45, 2.75) is 42.4 Å². The third-order valence-electron chi connectivity index (χ3n) is 3.30. The molecule has 0 bridgehead atoms. The monoisotopic (exact) mass is 360 g/mol. The predicted molar refractivity (Wildman–Crippen MR) is 73.2 cm³/mol. The van der Waals surface area contributed by atoms with E-state index in [1.165, 1.54) is 0 Å². The Morgan fingerprint density at radius 2 is 1.67 bits per heavy atom. The highest BCUT2D eigenvalue weighted by Crippen LogP contribution is 2.22. The van der Waals surface area contributed by atoms with Gasteiger partial charge >= 0.3 is 0 Å². The maximum atomic E-state index is 10.5. The highest BCUT2D eigenvalue weighted by molar-refractivity contribution is 5.84. The standard InChI is InChI=1S/2C6H12O6/c7-2-6(11)5(10)4(9)3(8)1-12-6;7-1-3(9)5(11)6(12)4(10)2-8/h3-5,7-11H,1-2H2;3,5-9,11-12H,1-2H2/t3-,4-,5?,6+;/m1./s1. The molecule has 4 unspecified atom stereocenters. The minimum absolute atomic E-state index is 0.324. The van der Waals surface area contributed by atoms with Gasteiger partial charge in [-0.2, -0.15) is 0 Å². The normalized spacial score (nSPS) is 33.8. The van der Waals surface area contributed by atoms with Crippen molar-refractivity contribution in [3.8, 4) is 0 Å². The van der Waals surface area contributed by atoms with Crippen LogP contribution in [-0.4, -0.2) is 126 Å². The quantitative estimate of drug-likeness (QED) is 0.213. The van der Waals surface area contributed by atoms with Crippen LogP contribution in [0.3, 0.4) is 0 Å². The lowest BCUT2D eigenvalue weighted by Crippen LogP contribution is -2.62. The molecular formula is C12H24O12. The summed E-state index contributed by atoms with van der Waals surface area (Å²) in [7, 11) is 0. The molecule has 0 amide bonds. The molecule has 1 aliphatic heterocycles. The Labute approximate surface area is 136 Å². The Bertz CT molecular complexity index is 379. The van der Waals surface area contributed by atoms with Crippen molar-refractivity contribution in [1.82, 2.24) is 0 Å². The van der Waals surface area contributed by atoms with Gasteiger partial charge in [-0.15, -0.1) is 0 Å². The summed E-state index contributed by atoms with van der Waals surface area (Å²) < 4.78 is 4.56. The number of hydrogen-bond donors (Lipinski definition) is 10. The molecule has 1 aliphatic rings. The van der Waals surface area contributed by atoms with Gasteiger partial charge in [-0.25, -0.2) is 0 Å². The van der Waals surface area contributed by atoms with Crippen molar-refractivity contribution in [3.63, 3.8) is 0 Å². The molecule has 12 nitrogen and oxygen atoms in total. The molecule has 12 heteroatoms.